The van der Waals surface area contributed by atoms with E-state index in [0.717, 1.165) is 25.2 Å². The van der Waals surface area contributed by atoms with Crippen molar-refractivity contribution in [3.05, 3.63) is 23.4 Å². The third-order valence-corrected chi connectivity index (χ3v) is 2.12. The van der Waals surface area contributed by atoms with E-state index in [1.165, 1.54) is 5.56 Å². The van der Waals surface area contributed by atoms with Gasteiger partial charge in [-0.25, -0.2) is 4.98 Å². The van der Waals surface area contributed by atoms with Gasteiger partial charge in [0.15, 0.2) is 0 Å². The number of rotatable bonds is 1. The second kappa shape index (κ2) is 3.11. The first kappa shape index (κ1) is 7.55. The van der Waals surface area contributed by atoms with Gasteiger partial charge >= 0.3 is 0 Å². The number of ether oxygens (including phenoxy) is 1. The molecule has 0 atom stereocenters. The van der Waals surface area contributed by atoms with Gasteiger partial charge in [0.05, 0.1) is 12.8 Å². The summed E-state index contributed by atoms with van der Waals surface area (Å²) in [6, 6.07) is 4.02. The van der Waals surface area contributed by atoms with E-state index in [1.54, 1.807) is 7.11 Å². The molecule has 0 amide bonds. The van der Waals surface area contributed by atoms with Gasteiger partial charge in [0, 0.05) is 12.6 Å². The van der Waals surface area contributed by atoms with Crippen molar-refractivity contribution in [2.24, 2.45) is 0 Å². The Kier molecular flexibility index (Phi) is 1.96. The van der Waals surface area contributed by atoms with Crippen LogP contribution in [0.3, 0.4) is 0 Å². The van der Waals surface area contributed by atoms with Gasteiger partial charge in [-0.2, -0.15) is 0 Å². The van der Waals surface area contributed by atoms with E-state index in [0.29, 0.717) is 5.88 Å². The summed E-state index contributed by atoms with van der Waals surface area (Å²) < 4.78 is 5.04. The molecule has 0 saturated heterocycles. The van der Waals surface area contributed by atoms with E-state index in [2.05, 4.69) is 16.4 Å². The Labute approximate surface area is 71.8 Å². The molecule has 1 aromatic rings. The summed E-state index contributed by atoms with van der Waals surface area (Å²) in [7, 11) is 1.64. The lowest BCUT2D eigenvalue weighted by atomic mass is 10.1. The van der Waals surface area contributed by atoms with E-state index < -0.39 is 0 Å². The maximum atomic E-state index is 5.04. The van der Waals surface area contributed by atoms with Crippen molar-refractivity contribution in [1.29, 1.82) is 0 Å². The van der Waals surface area contributed by atoms with Crippen LogP contribution >= 0.6 is 0 Å². The molecule has 2 rings (SSSR count). The highest BCUT2D eigenvalue weighted by Crippen LogP contribution is 2.15. The zero-order valence-corrected chi connectivity index (χ0v) is 7.13. The number of fused-ring (bicyclic) bond motifs is 1. The molecule has 1 aliphatic rings. The van der Waals surface area contributed by atoms with Crippen LogP contribution in [0.4, 0.5) is 0 Å². The van der Waals surface area contributed by atoms with Crippen molar-refractivity contribution in [1.82, 2.24) is 10.3 Å². The molecule has 0 saturated carbocycles. The third kappa shape index (κ3) is 1.28. The van der Waals surface area contributed by atoms with E-state index in [1.807, 2.05) is 6.07 Å². The lowest BCUT2D eigenvalue weighted by Gasteiger charge is -2.15. The van der Waals surface area contributed by atoms with Crippen molar-refractivity contribution in [2.45, 2.75) is 13.0 Å². The van der Waals surface area contributed by atoms with E-state index in [4.69, 9.17) is 4.74 Å². The van der Waals surface area contributed by atoms with Crippen LogP contribution in [0.25, 0.3) is 0 Å². The number of methoxy groups -OCH3 is 1. The van der Waals surface area contributed by atoms with E-state index in [-0.39, 0.29) is 0 Å². The van der Waals surface area contributed by atoms with E-state index in [9.17, 15) is 0 Å². The molecular weight excluding hydrogens is 152 g/mol. The molecule has 0 aromatic carbocycles. The zero-order valence-electron chi connectivity index (χ0n) is 7.13. The minimum atomic E-state index is 0.706. The largest absolute Gasteiger partial charge is 0.481 e. The molecule has 3 heteroatoms. The smallest absolute Gasteiger partial charge is 0.213 e. The van der Waals surface area contributed by atoms with Crippen LogP contribution in [0.15, 0.2) is 12.1 Å². The monoisotopic (exact) mass is 164 g/mol. The molecular formula is C9H12N2O. The number of nitrogens with zero attached hydrogens (tertiary/aromatic N) is 1. The molecule has 0 spiro atoms. The molecule has 0 bridgehead atoms. The van der Waals surface area contributed by atoms with Crippen molar-refractivity contribution in [2.75, 3.05) is 13.7 Å². The molecule has 3 nitrogen and oxygen atoms in total. The minimum absolute atomic E-state index is 0.706. The van der Waals surface area contributed by atoms with Crippen LogP contribution < -0.4 is 10.1 Å². The van der Waals surface area contributed by atoms with E-state index >= 15 is 0 Å². The standard InChI is InChI=1S/C9H12N2O/c1-12-9-3-2-7-4-5-10-6-8(7)11-9/h2-3,10H,4-6H2,1H3. The van der Waals surface area contributed by atoms with Gasteiger partial charge in [-0.15, -0.1) is 0 Å². The number of hydrogen-bond donors (Lipinski definition) is 1. The fourth-order valence-electron chi connectivity index (χ4n) is 1.43. The second-order valence-corrected chi connectivity index (χ2v) is 2.89. The van der Waals surface area contributed by atoms with Gasteiger partial charge < -0.3 is 10.1 Å². The number of nitrogens with one attached hydrogen (secondary N) is 1. The summed E-state index contributed by atoms with van der Waals surface area (Å²) in [5.41, 5.74) is 2.47. The molecule has 12 heavy (non-hydrogen) atoms. The van der Waals surface area contributed by atoms with Crippen LogP contribution in [-0.4, -0.2) is 18.6 Å². The number of hydrogen-bond acceptors (Lipinski definition) is 3. The summed E-state index contributed by atoms with van der Waals surface area (Å²) >= 11 is 0. The summed E-state index contributed by atoms with van der Waals surface area (Å²) in [5, 5.41) is 3.27. The van der Waals surface area contributed by atoms with Crippen molar-refractivity contribution < 1.29 is 4.74 Å². The molecule has 1 aliphatic heterocycles. The lowest BCUT2D eigenvalue weighted by Crippen LogP contribution is -2.24. The first-order valence-electron chi connectivity index (χ1n) is 4.13. The number of aromatic nitrogens is 1. The lowest BCUT2D eigenvalue weighted by molar-refractivity contribution is 0.394. The average molecular weight is 164 g/mol. The van der Waals surface area contributed by atoms with Crippen LogP contribution in [0.1, 0.15) is 11.3 Å². The normalized spacial score (nSPS) is 15.4. The Hall–Kier alpha value is -1.09. The fraction of sp³-hybridized carbons (Fsp3) is 0.444. The predicted molar refractivity (Wildman–Crippen MR) is 46.2 cm³/mol. The summed E-state index contributed by atoms with van der Waals surface area (Å²) in [5.74, 6) is 0.706. The highest BCUT2D eigenvalue weighted by molar-refractivity contribution is 5.27. The fourth-order valence-corrected chi connectivity index (χ4v) is 1.43. The predicted octanol–water partition coefficient (Wildman–Crippen LogP) is 0.736. The first-order valence-corrected chi connectivity index (χ1v) is 4.13. The van der Waals surface area contributed by atoms with Crippen LogP contribution in [0.2, 0.25) is 0 Å². The second-order valence-electron chi connectivity index (χ2n) is 2.89. The first-order chi connectivity index (χ1) is 5.90. The maximum absolute atomic E-state index is 5.04. The molecule has 0 unspecified atom stereocenters. The Morgan fingerprint density at radius 2 is 2.42 bits per heavy atom. The summed E-state index contributed by atoms with van der Waals surface area (Å²) in [6.45, 7) is 1.92. The maximum Gasteiger partial charge on any atom is 0.213 e. The Morgan fingerprint density at radius 1 is 1.50 bits per heavy atom. The minimum Gasteiger partial charge on any atom is -0.481 e. The average Bonchev–Trinajstić information content (AvgIpc) is 2.17. The topological polar surface area (TPSA) is 34.1 Å². The molecule has 1 aromatic heterocycles. The van der Waals surface area contributed by atoms with Crippen molar-refractivity contribution in [3.63, 3.8) is 0 Å². The van der Waals surface area contributed by atoms with Gasteiger partial charge in [0.2, 0.25) is 5.88 Å². The third-order valence-electron chi connectivity index (χ3n) is 2.12. The highest BCUT2D eigenvalue weighted by Gasteiger charge is 2.09. The van der Waals surface area contributed by atoms with Crippen molar-refractivity contribution in [3.8, 4) is 5.88 Å². The Morgan fingerprint density at radius 3 is 3.25 bits per heavy atom. The summed E-state index contributed by atoms with van der Waals surface area (Å²) in [4.78, 5) is 4.35. The number of pyridine rings is 1. The molecule has 0 radical (unpaired) electrons. The zero-order chi connectivity index (χ0) is 8.39. The summed E-state index contributed by atoms with van der Waals surface area (Å²) in [6.07, 6.45) is 1.08. The molecule has 0 aliphatic carbocycles. The van der Waals surface area contributed by atoms with Gasteiger partial charge in [0.1, 0.15) is 0 Å². The van der Waals surface area contributed by atoms with Crippen molar-refractivity contribution >= 4 is 0 Å². The molecule has 64 valence electrons. The Balaban J connectivity index is 2.36. The molecule has 2 heterocycles. The van der Waals surface area contributed by atoms with Gasteiger partial charge in [-0.05, 0) is 18.5 Å². The van der Waals surface area contributed by atoms with Crippen LogP contribution in [-0.2, 0) is 13.0 Å². The van der Waals surface area contributed by atoms with Gasteiger partial charge in [-0.3, -0.25) is 0 Å². The quantitative estimate of drug-likeness (QED) is 0.664. The molecule has 1 N–H and O–H groups in total. The van der Waals surface area contributed by atoms with Gasteiger partial charge in [-0.1, -0.05) is 6.07 Å². The Bertz CT molecular complexity index is 286. The van der Waals surface area contributed by atoms with Gasteiger partial charge in [0.25, 0.3) is 0 Å². The van der Waals surface area contributed by atoms with Crippen LogP contribution in [0, 0.1) is 0 Å². The SMILES string of the molecule is COc1ccc2c(n1)CNCC2. The van der Waals surface area contributed by atoms with Crippen LogP contribution in [0.5, 0.6) is 5.88 Å². The molecule has 0 fully saturated rings. The highest BCUT2D eigenvalue weighted by atomic mass is 16.5.